The predicted octanol–water partition coefficient (Wildman–Crippen LogP) is 19.4. The Balaban J connectivity index is 2.05. The maximum absolute atomic E-state index is 15.1. The molecule has 0 spiro atoms. The van der Waals surface area contributed by atoms with Crippen molar-refractivity contribution in [2.45, 2.75) is 233 Å². The molecule has 446 valence electrons. The first-order valence-corrected chi connectivity index (χ1v) is 45.7. The number of fused-ring (bicyclic) bond motifs is 1. The number of hydrogen-bond acceptors (Lipinski definition) is 12. The van der Waals surface area contributed by atoms with Gasteiger partial charge in [-0.15, -0.1) is 0 Å². The molecule has 0 unspecified atom stereocenters. The summed E-state index contributed by atoms with van der Waals surface area (Å²) in [5.41, 5.74) is 0.136. The molecule has 0 aliphatic carbocycles. The lowest BCUT2D eigenvalue weighted by atomic mass is 10.0. The molecule has 0 heterocycles. The molecule has 0 fully saturated rings. The third-order valence-electron chi connectivity index (χ3n) is 18.3. The van der Waals surface area contributed by atoms with Gasteiger partial charge in [0.05, 0.1) is 18.2 Å². The van der Waals surface area contributed by atoms with Crippen LogP contribution in [0.25, 0.3) is 10.8 Å². The Kier molecular flexibility index (Phi) is 19.3. The number of ether oxygens (including phenoxy) is 3. The summed E-state index contributed by atoms with van der Waals surface area (Å²) in [5.74, 6) is 0.136. The molecule has 0 saturated carbocycles. The van der Waals surface area contributed by atoms with Gasteiger partial charge in [-0.1, -0.05) is 149 Å². The second-order valence-electron chi connectivity index (χ2n) is 30.8. The lowest BCUT2D eigenvalue weighted by Gasteiger charge is -2.42. The van der Waals surface area contributed by atoms with Crippen molar-refractivity contribution in [2.75, 3.05) is 7.11 Å². The predicted molar refractivity (Wildman–Crippen MR) is 345 cm³/mol. The van der Waals surface area contributed by atoms with E-state index in [0.717, 1.165) is 0 Å². The van der Waals surface area contributed by atoms with Gasteiger partial charge in [0.15, 0.2) is 17.2 Å². The summed E-state index contributed by atoms with van der Waals surface area (Å²) in [6.07, 6.45) is 0. The number of rotatable bonds is 17. The Bertz CT molecular complexity index is 2850. The van der Waals surface area contributed by atoms with Crippen LogP contribution in [0.3, 0.4) is 0 Å². The van der Waals surface area contributed by atoms with Crippen molar-refractivity contribution >= 4 is 78.6 Å². The monoisotopic (exact) mass is 1210 g/mol. The van der Waals surface area contributed by atoms with Crippen molar-refractivity contribution in [3.05, 3.63) is 71.3 Å². The van der Waals surface area contributed by atoms with E-state index < -0.39 is 67.8 Å². The number of carbonyl (C=O) groups excluding carboxylic acids is 3. The average molecular weight is 1210 g/mol. The summed E-state index contributed by atoms with van der Waals surface area (Å²) in [7, 11) is -14.2. The molecule has 18 heteroatoms. The van der Waals surface area contributed by atoms with Crippen LogP contribution < -0.4 is 36.0 Å². The number of benzene rings is 4. The summed E-state index contributed by atoms with van der Waals surface area (Å²) >= 11 is 0. The van der Waals surface area contributed by atoms with Crippen molar-refractivity contribution in [3.63, 3.8) is 0 Å². The van der Waals surface area contributed by atoms with Gasteiger partial charge in [-0.25, -0.2) is 14.4 Å². The SMILES string of the molecule is COC(=O)c1cc(OC(=O)c2cc(O[Si](C)(C)C(C)(C)C)c(O[Si](C)(C)C(C)(C)C)c(O[Si](C)(C)C(C)(C)C)c2)c2ccccc2c1OC(=O)c1cc(O[Si](C)(C)C(C)(C)C)c(O[Si](C)(C)C(C)(C)C)c(O[Si](C)(C)C(C)(C)C)c1. The van der Waals surface area contributed by atoms with E-state index in [4.69, 9.17) is 40.8 Å². The quantitative estimate of drug-likeness (QED) is 0.0566. The smallest absolute Gasteiger partial charge is 0.343 e. The Hall–Kier alpha value is -4.35. The molecule has 0 amide bonds. The van der Waals surface area contributed by atoms with Gasteiger partial charge < -0.3 is 40.8 Å². The highest BCUT2D eigenvalue weighted by molar-refractivity contribution is 6.77. The average Bonchev–Trinajstić information content (AvgIpc) is 3.25. The summed E-state index contributed by atoms with van der Waals surface area (Å²) in [6, 6.07) is 15.1. The molecule has 0 aliphatic rings. The fourth-order valence-corrected chi connectivity index (χ4v) is 12.6. The molecule has 4 aromatic rings. The Morgan fingerprint density at radius 2 is 0.588 bits per heavy atom. The first kappa shape index (κ1) is 68.2. The molecule has 0 bridgehead atoms. The van der Waals surface area contributed by atoms with Crippen molar-refractivity contribution in [2.24, 2.45) is 0 Å². The third-order valence-corrected chi connectivity index (χ3v) is 44.3. The standard InChI is InChI=1S/C62H102O12Si6/c1-57(2,3)75(20,21)69-47-36-41(37-48(70-76(22,23)58(4,5)6)52(47)73-79(28,29)61(13,14)15)54(63)67-46-40-45(56(65)66-19)51(44-35-33-32-34-43(44)46)68-55(64)42-38-49(71-77(24,25)59(7,8)9)53(74-80(30,31)62(16,17)18)50(39-42)72-78(26,27)60(10,11)12/h32-40H,1-31H3. The Labute approximate surface area is 488 Å². The van der Waals surface area contributed by atoms with Crippen LogP contribution >= 0.6 is 0 Å². The molecule has 0 radical (unpaired) electrons. The van der Waals surface area contributed by atoms with Crippen LogP contribution in [0.4, 0.5) is 0 Å². The molecule has 0 saturated heterocycles. The van der Waals surface area contributed by atoms with Crippen LogP contribution in [0.1, 0.15) is 156 Å². The largest absolute Gasteiger partial charge is 0.541 e. The van der Waals surface area contributed by atoms with Crippen molar-refractivity contribution in [1.82, 2.24) is 0 Å². The molecule has 80 heavy (non-hydrogen) atoms. The molecule has 0 aliphatic heterocycles. The molecular formula is C62H102O12Si6. The van der Waals surface area contributed by atoms with E-state index in [0.29, 0.717) is 45.3 Å². The van der Waals surface area contributed by atoms with Crippen molar-refractivity contribution in [1.29, 1.82) is 0 Å². The lowest BCUT2D eigenvalue weighted by molar-refractivity contribution is 0.0590. The molecule has 4 rings (SSSR count). The van der Waals surface area contributed by atoms with Gasteiger partial charge >= 0.3 is 17.9 Å². The van der Waals surface area contributed by atoms with Crippen LogP contribution in [0.2, 0.25) is 109 Å². The van der Waals surface area contributed by atoms with Crippen LogP contribution in [0, 0.1) is 0 Å². The number of methoxy groups -OCH3 is 1. The first-order chi connectivity index (χ1) is 35.6. The van der Waals surface area contributed by atoms with Crippen LogP contribution in [0.15, 0.2) is 54.6 Å². The molecule has 0 aromatic heterocycles. The first-order valence-electron chi connectivity index (χ1n) is 28.2. The minimum Gasteiger partial charge on any atom is -0.541 e. The minimum atomic E-state index is -2.60. The number of esters is 3. The molecule has 0 N–H and O–H groups in total. The highest BCUT2D eigenvalue weighted by Gasteiger charge is 2.48. The molecule has 4 aromatic carbocycles. The van der Waals surface area contributed by atoms with Gasteiger partial charge in [0, 0.05) is 10.8 Å². The second kappa shape index (κ2) is 22.7. The van der Waals surface area contributed by atoms with Gasteiger partial charge in [-0.3, -0.25) is 0 Å². The van der Waals surface area contributed by atoms with E-state index in [2.05, 4.69) is 203 Å². The van der Waals surface area contributed by atoms with E-state index in [-0.39, 0.29) is 58.4 Å². The number of carbonyl (C=O) groups is 3. The van der Waals surface area contributed by atoms with E-state index in [1.165, 1.54) is 13.2 Å². The zero-order chi connectivity index (χ0) is 62.0. The summed E-state index contributed by atoms with van der Waals surface area (Å²) < 4.78 is 61.1. The fraction of sp³-hybridized carbons (Fsp3) is 0.597. The van der Waals surface area contributed by atoms with Crippen LogP contribution in [0.5, 0.6) is 46.0 Å². The zero-order valence-corrected chi connectivity index (χ0v) is 61.1. The van der Waals surface area contributed by atoms with Gasteiger partial charge in [-0.2, -0.15) is 0 Å². The van der Waals surface area contributed by atoms with E-state index in [1.54, 1.807) is 48.5 Å². The summed E-state index contributed by atoms with van der Waals surface area (Å²) in [5, 5.41) is -0.515. The fourth-order valence-electron chi connectivity index (χ4n) is 6.50. The maximum atomic E-state index is 15.1. The maximum Gasteiger partial charge on any atom is 0.343 e. The third kappa shape index (κ3) is 15.1. The number of hydrogen-bond donors (Lipinski definition) is 0. The Morgan fingerprint density at radius 1 is 0.325 bits per heavy atom. The van der Waals surface area contributed by atoms with Gasteiger partial charge in [0.1, 0.15) is 34.3 Å². The van der Waals surface area contributed by atoms with Crippen molar-refractivity contribution in [3.8, 4) is 46.0 Å². The molecular weight excluding hydrogens is 1110 g/mol. The minimum absolute atomic E-state index is 0.0355. The van der Waals surface area contributed by atoms with Gasteiger partial charge in [-0.05, 0) is 139 Å². The van der Waals surface area contributed by atoms with Gasteiger partial charge in [0.25, 0.3) is 49.9 Å². The van der Waals surface area contributed by atoms with E-state index in [9.17, 15) is 4.79 Å². The lowest BCUT2D eigenvalue weighted by Crippen LogP contribution is -2.47. The van der Waals surface area contributed by atoms with E-state index >= 15 is 9.59 Å². The molecule has 0 atom stereocenters. The zero-order valence-electron chi connectivity index (χ0n) is 55.1. The molecule has 12 nitrogen and oxygen atoms in total. The Morgan fingerprint density at radius 3 is 0.863 bits per heavy atom. The highest BCUT2D eigenvalue weighted by Crippen LogP contribution is 2.53. The van der Waals surface area contributed by atoms with Crippen LogP contribution in [-0.4, -0.2) is 74.9 Å². The topological polar surface area (TPSA) is 134 Å². The summed E-state index contributed by atoms with van der Waals surface area (Å²) in [4.78, 5) is 44.2. The highest BCUT2D eigenvalue weighted by atomic mass is 28.4. The second-order valence-corrected chi connectivity index (χ2v) is 59.2. The van der Waals surface area contributed by atoms with E-state index in [1.807, 2.05) is 0 Å². The van der Waals surface area contributed by atoms with Crippen LogP contribution in [-0.2, 0) is 4.74 Å². The van der Waals surface area contributed by atoms with Gasteiger partial charge in [0.2, 0.25) is 0 Å². The summed E-state index contributed by atoms with van der Waals surface area (Å²) in [6.45, 7) is 64.9. The van der Waals surface area contributed by atoms with Crippen molar-refractivity contribution < 1.29 is 55.2 Å². The normalized spacial score (nSPS) is 13.8.